The molecule has 1 aliphatic carbocycles. The molecule has 1 aromatic carbocycles. The van der Waals surface area contributed by atoms with Crippen LogP contribution in [-0.4, -0.2) is 27.6 Å². The Morgan fingerprint density at radius 1 is 1.33 bits per heavy atom. The third-order valence-corrected chi connectivity index (χ3v) is 5.75. The summed E-state index contributed by atoms with van der Waals surface area (Å²) in [6.45, 7) is 3.88. The summed E-state index contributed by atoms with van der Waals surface area (Å²) >= 11 is 3.49. The third-order valence-electron chi connectivity index (χ3n) is 5.25. The maximum Gasteiger partial charge on any atom is 0.272 e. The lowest BCUT2D eigenvalue weighted by Crippen LogP contribution is -2.48. The van der Waals surface area contributed by atoms with Crippen molar-refractivity contribution in [3.63, 3.8) is 0 Å². The Labute approximate surface area is 167 Å². The van der Waals surface area contributed by atoms with Crippen LogP contribution in [0.15, 0.2) is 28.7 Å². The van der Waals surface area contributed by atoms with Crippen molar-refractivity contribution in [1.82, 2.24) is 15.1 Å². The number of aromatic nitrogens is 2. The normalized spacial score (nSPS) is 15.7. The first-order valence-corrected chi connectivity index (χ1v) is 10.2. The molecule has 0 saturated heterocycles. The van der Waals surface area contributed by atoms with Gasteiger partial charge in [-0.25, -0.2) is 4.68 Å². The van der Waals surface area contributed by atoms with E-state index in [2.05, 4.69) is 26.3 Å². The molecule has 2 aromatic rings. The highest BCUT2D eigenvalue weighted by Crippen LogP contribution is 2.28. The van der Waals surface area contributed by atoms with E-state index in [9.17, 15) is 9.59 Å². The highest BCUT2D eigenvalue weighted by Gasteiger charge is 2.29. The van der Waals surface area contributed by atoms with E-state index in [4.69, 9.17) is 5.73 Å². The summed E-state index contributed by atoms with van der Waals surface area (Å²) in [4.78, 5) is 24.8. The van der Waals surface area contributed by atoms with Crippen molar-refractivity contribution in [2.75, 3.05) is 0 Å². The number of hydrogen-bond donors (Lipinski definition) is 2. The maximum absolute atomic E-state index is 13.0. The molecule has 2 unspecified atom stereocenters. The molecule has 144 valence electrons. The minimum Gasteiger partial charge on any atom is -0.368 e. The molecule has 2 atom stereocenters. The SMILES string of the molecule is CCC(C)C(NC(=O)c1nn(-c2cccc(Br)c2)c2c1CCCC2)C(N)=O. The van der Waals surface area contributed by atoms with Crippen molar-refractivity contribution in [2.45, 2.75) is 52.0 Å². The Bertz CT molecular complexity index is 862. The molecule has 0 spiro atoms. The van der Waals surface area contributed by atoms with Crippen LogP contribution in [0.3, 0.4) is 0 Å². The van der Waals surface area contributed by atoms with Crippen molar-refractivity contribution in [3.8, 4) is 5.69 Å². The van der Waals surface area contributed by atoms with Gasteiger partial charge < -0.3 is 11.1 Å². The molecule has 0 aliphatic heterocycles. The molecule has 0 radical (unpaired) electrons. The largest absolute Gasteiger partial charge is 0.368 e. The number of fused-ring (bicyclic) bond motifs is 1. The first-order valence-electron chi connectivity index (χ1n) is 9.39. The second-order valence-corrected chi connectivity index (χ2v) is 8.03. The van der Waals surface area contributed by atoms with Crippen LogP contribution in [0.25, 0.3) is 5.69 Å². The number of nitrogens with zero attached hydrogens (tertiary/aromatic N) is 2. The summed E-state index contributed by atoms with van der Waals surface area (Å²) < 4.78 is 2.81. The first kappa shape index (κ1) is 19.6. The molecule has 7 heteroatoms. The fourth-order valence-corrected chi connectivity index (χ4v) is 3.93. The van der Waals surface area contributed by atoms with Crippen LogP contribution in [0.1, 0.15) is 54.9 Å². The molecule has 1 heterocycles. The smallest absolute Gasteiger partial charge is 0.272 e. The maximum atomic E-state index is 13.0. The van der Waals surface area contributed by atoms with Gasteiger partial charge >= 0.3 is 0 Å². The van der Waals surface area contributed by atoms with Gasteiger partial charge in [-0.1, -0.05) is 42.3 Å². The number of carbonyl (C=O) groups is 2. The number of nitrogens with two attached hydrogens (primary N) is 1. The second-order valence-electron chi connectivity index (χ2n) is 7.11. The van der Waals surface area contributed by atoms with Gasteiger partial charge in [0.2, 0.25) is 5.91 Å². The van der Waals surface area contributed by atoms with E-state index in [-0.39, 0.29) is 11.8 Å². The number of primary amides is 1. The third kappa shape index (κ3) is 4.08. The second kappa shape index (κ2) is 8.25. The summed E-state index contributed by atoms with van der Waals surface area (Å²) in [5.41, 5.74) is 8.87. The lowest BCUT2D eigenvalue weighted by Gasteiger charge is -2.21. The monoisotopic (exact) mass is 432 g/mol. The Morgan fingerprint density at radius 2 is 2.07 bits per heavy atom. The van der Waals surface area contributed by atoms with Crippen LogP contribution < -0.4 is 11.1 Å². The molecular formula is C20H25BrN4O2. The van der Waals surface area contributed by atoms with Crippen molar-refractivity contribution in [3.05, 3.63) is 45.7 Å². The number of halogens is 1. The topological polar surface area (TPSA) is 90.0 Å². The number of amides is 2. The molecule has 0 fully saturated rings. The Hall–Kier alpha value is -2.15. The van der Waals surface area contributed by atoms with E-state index in [0.29, 0.717) is 5.69 Å². The number of carbonyl (C=O) groups excluding carboxylic acids is 2. The van der Waals surface area contributed by atoms with Gasteiger partial charge in [-0.05, 0) is 49.8 Å². The number of benzene rings is 1. The summed E-state index contributed by atoms with van der Waals surface area (Å²) in [6.07, 6.45) is 4.55. The lowest BCUT2D eigenvalue weighted by atomic mass is 9.94. The molecule has 6 nitrogen and oxygen atoms in total. The van der Waals surface area contributed by atoms with Crippen molar-refractivity contribution in [2.24, 2.45) is 11.7 Å². The van der Waals surface area contributed by atoms with E-state index < -0.39 is 11.9 Å². The van der Waals surface area contributed by atoms with Crippen molar-refractivity contribution in [1.29, 1.82) is 0 Å². The Kier molecular flexibility index (Phi) is 5.99. The molecule has 1 aliphatic rings. The molecule has 3 N–H and O–H groups in total. The average Bonchev–Trinajstić information content (AvgIpc) is 3.05. The van der Waals surface area contributed by atoms with Gasteiger partial charge in [0.15, 0.2) is 5.69 Å². The average molecular weight is 433 g/mol. The summed E-state index contributed by atoms with van der Waals surface area (Å²) in [5, 5.41) is 7.44. The van der Waals surface area contributed by atoms with Gasteiger partial charge in [0.05, 0.1) is 5.69 Å². The summed E-state index contributed by atoms with van der Waals surface area (Å²) in [7, 11) is 0. The molecule has 1 aromatic heterocycles. The lowest BCUT2D eigenvalue weighted by molar-refractivity contribution is -0.120. The predicted octanol–water partition coefficient (Wildman–Crippen LogP) is 3.14. The van der Waals surface area contributed by atoms with E-state index in [1.54, 1.807) is 0 Å². The number of rotatable bonds is 6. The predicted molar refractivity (Wildman–Crippen MR) is 108 cm³/mol. The highest BCUT2D eigenvalue weighted by atomic mass is 79.9. The molecule has 3 rings (SSSR count). The van der Waals surface area contributed by atoms with Gasteiger partial charge in [-0.2, -0.15) is 5.10 Å². The van der Waals surface area contributed by atoms with Crippen molar-refractivity contribution < 1.29 is 9.59 Å². The van der Waals surface area contributed by atoms with Crippen LogP contribution in [0.5, 0.6) is 0 Å². The van der Waals surface area contributed by atoms with E-state index in [1.165, 1.54) is 0 Å². The molecule has 2 amide bonds. The van der Waals surface area contributed by atoms with Gasteiger partial charge in [-0.3, -0.25) is 9.59 Å². The minimum atomic E-state index is -0.697. The van der Waals surface area contributed by atoms with E-state index in [0.717, 1.165) is 53.5 Å². The summed E-state index contributed by atoms with van der Waals surface area (Å²) in [5.74, 6) is -0.876. The quantitative estimate of drug-likeness (QED) is 0.734. The van der Waals surface area contributed by atoms with Gasteiger partial charge in [0, 0.05) is 15.7 Å². The van der Waals surface area contributed by atoms with Crippen LogP contribution in [0, 0.1) is 5.92 Å². The Morgan fingerprint density at radius 3 is 2.74 bits per heavy atom. The fraction of sp³-hybridized carbons (Fsp3) is 0.450. The number of nitrogens with one attached hydrogen (secondary N) is 1. The van der Waals surface area contributed by atoms with Gasteiger partial charge in [0.25, 0.3) is 5.91 Å². The zero-order chi connectivity index (χ0) is 19.6. The van der Waals surface area contributed by atoms with Crippen LogP contribution >= 0.6 is 15.9 Å². The fourth-order valence-electron chi connectivity index (χ4n) is 3.54. The van der Waals surface area contributed by atoms with Gasteiger partial charge in [0.1, 0.15) is 6.04 Å². The zero-order valence-corrected chi connectivity index (χ0v) is 17.3. The van der Waals surface area contributed by atoms with E-state index >= 15 is 0 Å². The van der Waals surface area contributed by atoms with Crippen molar-refractivity contribution >= 4 is 27.7 Å². The van der Waals surface area contributed by atoms with E-state index in [1.807, 2.05) is 42.8 Å². The standard InChI is InChI=1S/C20H25BrN4O2/c1-3-12(2)17(19(22)26)23-20(27)18-15-9-4-5-10-16(15)25(24-18)14-8-6-7-13(21)11-14/h6-8,11-12,17H,3-5,9-10H2,1-2H3,(H2,22,26)(H,23,27). The first-order chi connectivity index (χ1) is 12.9. The summed E-state index contributed by atoms with van der Waals surface area (Å²) in [6, 6.07) is 7.16. The molecule has 0 saturated carbocycles. The minimum absolute atomic E-state index is 0.0329. The van der Waals surface area contributed by atoms with Crippen LogP contribution in [0.4, 0.5) is 0 Å². The zero-order valence-electron chi connectivity index (χ0n) is 15.7. The number of hydrogen-bond acceptors (Lipinski definition) is 3. The molecular weight excluding hydrogens is 408 g/mol. The highest BCUT2D eigenvalue weighted by molar-refractivity contribution is 9.10. The van der Waals surface area contributed by atoms with Crippen LogP contribution in [-0.2, 0) is 17.6 Å². The molecule has 0 bridgehead atoms. The Balaban J connectivity index is 1.98. The molecule has 27 heavy (non-hydrogen) atoms. The van der Waals surface area contributed by atoms with Crippen LogP contribution in [0.2, 0.25) is 0 Å². The van der Waals surface area contributed by atoms with Gasteiger partial charge in [-0.15, -0.1) is 0 Å².